The molecule has 1 fully saturated rings. The van der Waals surface area contributed by atoms with Gasteiger partial charge in [-0.25, -0.2) is 0 Å². The van der Waals surface area contributed by atoms with E-state index >= 15 is 0 Å². The van der Waals surface area contributed by atoms with E-state index in [-0.39, 0.29) is 18.2 Å². The van der Waals surface area contributed by atoms with E-state index in [1.165, 1.54) is 11.9 Å². The Morgan fingerprint density at radius 2 is 2.20 bits per heavy atom. The molecule has 20 heavy (non-hydrogen) atoms. The van der Waals surface area contributed by atoms with Crippen molar-refractivity contribution in [3.63, 3.8) is 0 Å². The Hall–Kier alpha value is -2.27. The molecule has 0 spiro atoms. The smallest absolute Gasteiger partial charge is 0.246 e. The molecule has 5 nitrogen and oxygen atoms in total. The van der Waals surface area contributed by atoms with Crippen LogP contribution in [-0.2, 0) is 16.1 Å². The lowest BCUT2D eigenvalue weighted by Crippen LogP contribution is -2.36. The number of likely N-dealkylation sites (N-methyl/N-ethyl adjacent to an activating group) is 1. The summed E-state index contributed by atoms with van der Waals surface area (Å²) in [6.45, 7) is 0.554. The lowest BCUT2D eigenvalue weighted by Gasteiger charge is -2.12. The van der Waals surface area contributed by atoms with Crippen LogP contribution < -0.4 is 5.32 Å². The highest BCUT2D eigenvalue weighted by atomic mass is 16.2. The Morgan fingerprint density at radius 3 is 2.95 bits per heavy atom. The van der Waals surface area contributed by atoms with E-state index < -0.39 is 6.04 Å². The number of aromatic nitrogens is 1. The van der Waals surface area contributed by atoms with E-state index in [4.69, 9.17) is 0 Å². The summed E-state index contributed by atoms with van der Waals surface area (Å²) in [5.41, 5.74) is 1.10. The number of nitrogens with one attached hydrogen (secondary N) is 1. The van der Waals surface area contributed by atoms with Crippen LogP contribution in [0.25, 0.3) is 10.8 Å². The normalized spacial score (nSPS) is 19.1. The van der Waals surface area contributed by atoms with Gasteiger partial charge in [0.25, 0.3) is 0 Å². The van der Waals surface area contributed by atoms with Crippen molar-refractivity contribution in [1.82, 2.24) is 15.2 Å². The maximum atomic E-state index is 11.8. The van der Waals surface area contributed by atoms with Crippen LogP contribution in [0.15, 0.2) is 36.7 Å². The molecule has 2 heterocycles. The molecule has 1 saturated heterocycles. The lowest BCUT2D eigenvalue weighted by atomic mass is 10.1. The first-order valence-electron chi connectivity index (χ1n) is 6.52. The molecule has 1 unspecified atom stereocenters. The summed E-state index contributed by atoms with van der Waals surface area (Å²) in [4.78, 5) is 28.6. The molecule has 102 valence electrons. The van der Waals surface area contributed by atoms with Gasteiger partial charge in [-0.3, -0.25) is 19.5 Å². The van der Waals surface area contributed by atoms with Crippen LogP contribution >= 0.6 is 0 Å². The van der Waals surface area contributed by atoms with Gasteiger partial charge in [0, 0.05) is 31.4 Å². The summed E-state index contributed by atoms with van der Waals surface area (Å²) < 4.78 is 0. The van der Waals surface area contributed by atoms with Crippen LogP contribution in [0.2, 0.25) is 0 Å². The fourth-order valence-electron chi connectivity index (χ4n) is 2.49. The van der Waals surface area contributed by atoms with Crippen molar-refractivity contribution in [3.8, 4) is 0 Å². The number of hydrogen-bond donors (Lipinski definition) is 1. The molecule has 1 aliphatic heterocycles. The highest BCUT2D eigenvalue weighted by molar-refractivity contribution is 6.05. The second-order valence-corrected chi connectivity index (χ2v) is 4.94. The highest BCUT2D eigenvalue weighted by Gasteiger charge is 2.35. The molecule has 0 aliphatic carbocycles. The lowest BCUT2D eigenvalue weighted by molar-refractivity contribution is -0.137. The van der Waals surface area contributed by atoms with Crippen molar-refractivity contribution in [3.05, 3.63) is 42.2 Å². The third-order valence-corrected chi connectivity index (χ3v) is 3.69. The van der Waals surface area contributed by atoms with Crippen LogP contribution in [0, 0.1) is 0 Å². The Balaban J connectivity index is 1.78. The van der Waals surface area contributed by atoms with Crippen molar-refractivity contribution in [2.45, 2.75) is 19.0 Å². The van der Waals surface area contributed by atoms with E-state index in [9.17, 15) is 9.59 Å². The molecule has 1 N–H and O–H groups in total. The van der Waals surface area contributed by atoms with Gasteiger partial charge in [0.15, 0.2) is 0 Å². The van der Waals surface area contributed by atoms with Gasteiger partial charge in [-0.1, -0.05) is 18.2 Å². The number of carbonyl (C=O) groups excluding carboxylic acids is 2. The van der Waals surface area contributed by atoms with Gasteiger partial charge >= 0.3 is 0 Å². The van der Waals surface area contributed by atoms with E-state index in [1.54, 1.807) is 6.20 Å². The number of hydrogen-bond acceptors (Lipinski definition) is 4. The van der Waals surface area contributed by atoms with Crippen molar-refractivity contribution in [2.75, 3.05) is 7.05 Å². The predicted octanol–water partition coefficient (Wildman–Crippen LogP) is 1.08. The first-order valence-corrected chi connectivity index (χ1v) is 6.52. The number of fused-ring (bicyclic) bond motifs is 1. The standard InChI is InChI=1S/C15H15N3O2/c1-18-14(19)7-13(15(18)20)17-9-11-4-2-3-10-8-16-6-5-12(10)11/h2-6,8,13,17H,7,9H2,1H3. The van der Waals surface area contributed by atoms with Crippen LogP contribution in [0.5, 0.6) is 0 Å². The number of carbonyl (C=O) groups is 2. The Labute approximate surface area is 116 Å². The number of amides is 2. The van der Waals surface area contributed by atoms with Crippen molar-refractivity contribution in [2.24, 2.45) is 0 Å². The van der Waals surface area contributed by atoms with Crippen molar-refractivity contribution >= 4 is 22.6 Å². The molecule has 1 aromatic heterocycles. The molecule has 5 heteroatoms. The highest BCUT2D eigenvalue weighted by Crippen LogP contribution is 2.18. The van der Waals surface area contributed by atoms with Crippen molar-refractivity contribution in [1.29, 1.82) is 0 Å². The minimum atomic E-state index is -0.412. The van der Waals surface area contributed by atoms with Gasteiger partial charge in [-0.2, -0.15) is 0 Å². The van der Waals surface area contributed by atoms with Gasteiger partial charge in [-0.15, -0.1) is 0 Å². The summed E-state index contributed by atoms with van der Waals surface area (Å²) in [5, 5.41) is 5.35. The minimum absolute atomic E-state index is 0.130. The zero-order valence-corrected chi connectivity index (χ0v) is 11.2. The van der Waals surface area contributed by atoms with Crippen LogP contribution in [0.3, 0.4) is 0 Å². The molecular weight excluding hydrogens is 254 g/mol. The molecule has 0 radical (unpaired) electrons. The number of nitrogens with zero attached hydrogens (tertiary/aromatic N) is 2. The van der Waals surface area contributed by atoms with Gasteiger partial charge in [0.2, 0.25) is 11.8 Å². The maximum Gasteiger partial charge on any atom is 0.246 e. The summed E-state index contributed by atoms with van der Waals surface area (Å²) in [6.07, 6.45) is 3.81. The van der Waals surface area contributed by atoms with E-state index in [0.29, 0.717) is 6.54 Å². The number of benzene rings is 1. The number of rotatable bonds is 3. The second-order valence-electron chi connectivity index (χ2n) is 4.94. The van der Waals surface area contributed by atoms with E-state index in [1.807, 2.05) is 30.5 Å². The third kappa shape index (κ3) is 2.16. The first-order chi connectivity index (χ1) is 9.66. The van der Waals surface area contributed by atoms with Gasteiger partial charge < -0.3 is 5.32 Å². The predicted molar refractivity (Wildman–Crippen MR) is 74.8 cm³/mol. The Bertz CT molecular complexity index is 678. The Kier molecular flexibility index (Phi) is 3.20. The van der Waals surface area contributed by atoms with Crippen LogP contribution in [0.1, 0.15) is 12.0 Å². The maximum absolute atomic E-state index is 11.8. The zero-order chi connectivity index (χ0) is 14.1. The molecule has 0 bridgehead atoms. The second kappa shape index (κ2) is 5.02. The quantitative estimate of drug-likeness (QED) is 0.847. The molecule has 2 aromatic rings. The molecular formula is C15H15N3O2. The average Bonchev–Trinajstić information content (AvgIpc) is 2.72. The van der Waals surface area contributed by atoms with Gasteiger partial charge in [0.05, 0.1) is 12.5 Å². The SMILES string of the molecule is CN1C(=O)CC(NCc2cccc3cnccc23)C1=O. The van der Waals surface area contributed by atoms with E-state index in [2.05, 4.69) is 10.3 Å². The molecule has 2 amide bonds. The summed E-state index contributed by atoms with van der Waals surface area (Å²) in [6, 6.07) is 7.53. The average molecular weight is 269 g/mol. The topological polar surface area (TPSA) is 62.3 Å². The largest absolute Gasteiger partial charge is 0.301 e. The number of imide groups is 1. The monoisotopic (exact) mass is 269 g/mol. The minimum Gasteiger partial charge on any atom is -0.301 e. The molecule has 1 aliphatic rings. The molecule has 0 saturated carbocycles. The van der Waals surface area contributed by atoms with Crippen molar-refractivity contribution < 1.29 is 9.59 Å². The summed E-state index contributed by atoms with van der Waals surface area (Å²) >= 11 is 0. The summed E-state index contributed by atoms with van der Waals surface area (Å²) in [7, 11) is 1.52. The molecule has 1 atom stereocenters. The number of pyridine rings is 1. The summed E-state index contributed by atoms with van der Waals surface area (Å²) in [5.74, 6) is -0.286. The first kappa shape index (κ1) is 12.7. The van der Waals surface area contributed by atoms with E-state index in [0.717, 1.165) is 16.3 Å². The number of likely N-dealkylation sites (tertiary alicyclic amines) is 1. The third-order valence-electron chi connectivity index (χ3n) is 3.69. The fraction of sp³-hybridized carbons (Fsp3) is 0.267. The molecule has 1 aromatic carbocycles. The van der Waals surface area contributed by atoms with Crippen LogP contribution in [0.4, 0.5) is 0 Å². The fourth-order valence-corrected chi connectivity index (χ4v) is 2.49. The van der Waals surface area contributed by atoms with Gasteiger partial charge in [-0.05, 0) is 17.0 Å². The van der Waals surface area contributed by atoms with Crippen LogP contribution in [-0.4, -0.2) is 34.8 Å². The molecule has 3 rings (SSSR count). The zero-order valence-electron chi connectivity index (χ0n) is 11.2. The van der Waals surface area contributed by atoms with Gasteiger partial charge in [0.1, 0.15) is 0 Å². The Morgan fingerprint density at radius 1 is 1.35 bits per heavy atom.